The van der Waals surface area contributed by atoms with Gasteiger partial charge in [-0.25, -0.2) is 4.98 Å². The van der Waals surface area contributed by atoms with E-state index in [4.69, 9.17) is 19.7 Å². The van der Waals surface area contributed by atoms with E-state index in [0.29, 0.717) is 0 Å². The maximum absolute atomic E-state index is 6.70. The summed E-state index contributed by atoms with van der Waals surface area (Å²) in [6.45, 7) is 0. The Bertz CT molecular complexity index is 3420. The zero-order valence-corrected chi connectivity index (χ0v) is 31.0. The molecule has 0 N–H and O–H groups in total. The summed E-state index contributed by atoms with van der Waals surface area (Å²) in [5.74, 6) is 2.55. The van der Waals surface area contributed by atoms with E-state index in [9.17, 15) is 0 Å². The molecule has 0 saturated heterocycles. The second kappa shape index (κ2) is 11.6. The molecule has 0 bridgehead atoms. The van der Waals surface area contributed by atoms with Crippen molar-refractivity contribution in [1.82, 2.24) is 24.1 Å². The molecule has 1 aliphatic heterocycles. The molecule has 2 aliphatic rings. The van der Waals surface area contributed by atoms with Crippen molar-refractivity contribution < 1.29 is 4.74 Å². The summed E-state index contributed by atoms with van der Waals surface area (Å²) >= 11 is 0. The van der Waals surface area contributed by atoms with Crippen LogP contribution in [0.25, 0.3) is 77.6 Å². The van der Waals surface area contributed by atoms with Gasteiger partial charge in [0.2, 0.25) is 0 Å². The second-order valence-electron chi connectivity index (χ2n) is 15.2. The number of para-hydroxylation sites is 4. The van der Waals surface area contributed by atoms with Gasteiger partial charge in [-0.05, 0) is 89.0 Å². The normalized spacial score (nSPS) is 13.4. The quantitative estimate of drug-likeness (QED) is 0.181. The highest BCUT2D eigenvalue weighted by Gasteiger charge is 2.52. The number of rotatable bonds is 3. The molecule has 1 spiro atoms. The van der Waals surface area contributed by atoms with Crippen molar-refractivity contribution in [3.63, 3.8) is 0 Å². The largest absolute Gasteiger partial charge is 0.457 e. The average Bonchev–Trinajstić information content (AvgIpc) is 3.91. The minimum atomic E-state index is -0.638. The lowest BCUT2D eigenvalue weighted by Crippen LogP contribution is -2.32. The van der Waals surface area contributed by atoms with Crippen LogP contribution in [0, 0.1) is 0 Å². The first-order chi connectivity index (χ1) is 28.8. The summed E-state index contributed by atoms with van der Waals surface area (Å²) in [5, 5.41) is 4.81. The highest BCUT2D eigenvalue weighted by Crippen LogP contribution is 2.61. The molecule has 0 saturated carbocycles. The van der Waals surface area contributed by atoms with Crippen LogP contribution in [0.2, 0.25) is 0 Å². The maximum atomic E-state index is 6.70. The Balaban J connectivity index is 1.00. The third kappa shape index (κ3) is 4.08. The molecule has 6 nitrogen and oxygen atoms in total. The second-order valence-corrected chi connectivity index (χ2v) is 15.2. The summed E-state index contributed by atoms with van der Waals surface area (Å²) in [5.41, 5.74) is 13.4. The molecule has 0 unspecified atom stereocenters. The van der Waals surface area contributed by atoms with Crippen molar-refractivity contribution in [1.29, 1.82) is 0 Å². The van der Waals surface area contributed by atoms with Gasteiger partial charge in [-0.1, -0.05) is 97.1 Å². The predicted molar refractivity (Wildman–Crippen MR) is 231 cm³/mol. The Labute approximate surface area is 332 Å². The molecular weight excluding hydrogens is 711 g/mol. The van der Waals surface area contributed by atoms with Gasteiger partial charge in [-0.15, -0.1) is 0 Å². The molecule has 11 aromatic rings. The molecule has 6 heteroatoms. The summed E-state index contributed by atoms with van der Waals surface area (Å²) in [7, 11) is 0. The Morgan fingerprint density at radius 3 is 1.66 bits per heavy atom. The van der Waals surface area contributed by atoms with Gasteiger partial charge in [-0.2, -0.15) is 0 Å². The van der Waals surface area contributed by atoms with Crippen molar-refractivity contribution in [2.24, 2.45) is 0 Å². The number of aromatic nitrogens is 5. The maximum Gasteiger partial charge on any atom is 0.139 e. The van der Waals surface area contributed by atoms with Gasteiger partial charge < -0.3 is 9.30 Å². The van der Waals surface area contributed by atoms with Crippen molar-refractivity contribution in [3.05, 3.63) is 211 Å². The van der Waals surface area contributed by atoms with E-state index in [1.165, 1.54) is 27.2 Å². The molecule has 1 aliphatic carbocycles. The van der Waals surface area contributed by atoms with Gasteiger partial charge in [0.15, 0.2) is 0 Å². The molecular formula is C52H31N5O. The molecule has 0 fully saturated rings. The van der Waals surface area contributed by atoms with Crippen LogP contribution in [0.5, 0.6) is 11.5 Å². The van der Waals surface area contributed by atoms with Gasteiger partial charge >= 0.3 is 0 Å². The van der Waals surface area contributed by atoms with Crippen LogP contribution in [0.3, 0.4) is 0 Å². The Morgan fingerprint density at radius 1 is 0.379 bits per heavy atom. The Morgan fingerprint density at radius 2 is 0.931 bits per heavy atom. The summed E-state index contributed by atoms with van der Waals surface area (Å²) in [6.07, 6.45) is 5.65. The SMILES string of the molecule is c1ccc2c(c1)Oc1ccc(-c3ccc4c(c3)c3ccccc3n4-c3cc(-n4c5ccccc5c5ccccc54)ccn3)cc1C21c2cccnc2-c2ncccc21. The number of ether oxygens (including phenoxy) is 1. The number of hydrogen-bond acceptors (Lipinski definition) is 4. The Hall–Kier alpha value is -7.83. The van der Waals surface area contributed by atoms with Crippen LogP contribution in [-0.2, 0) is 5.41 Å². The molecule has 270 valence electrons. The first-order valence-corrected chi connectivity index (χ1v) is 19.6. The predicted octanol–water partition coefficient (Wildman–Crippen LogP) is 12.2. The van der Waals surface area contributed by atoms with Crippen molar-refractivity contribution in [2.75, 3.05) is 0 Å². The van der Waals surface area contributed by atoms with Gasteiger partial charge in [0.1, 0.15) is 17.3 Å². The third-order valence-electron chi connectivity index (χ3n) is 12.3. The fourth-order valence-corrected chi connectivity index (χ4v) is 10.0. The van der Waals surface area contributed by atoms with Gasteiger partial charge in [0.05, 0.1) is 44.6 Å². The zero-order chi connectivity index (χ0) is 38.0. The molecule has 13 rings (SSSR count). The van der Waals surface area contributed by atoms with E-state index in [0.717, 1.165) is 84.2 Å². The zero-order valence-electron chi connectivity index (χ0n) is 31.0. The van der Waals surface area contributed by atoms with Crippen LogP contribution < -0.4 is 4.74 Å². The minimum Gasteiger partial charge on any atom is -0.457 e. The average molecular weight is 742 g/mol. The van der Waals surface area contributed by atoms with E-state index in [-0.39, 0.29) is 0 Å². The van der Waals surface area contributed by atoms with E-state index in [1.54, 1.807) is 0 Å². The molecule has 58 heavy (non-hydrogen) atoms. The minimum absolute atomic E-state index is 0.638. The smallest absolute Gasteiger partial charge is 0.139 e. The van der Waals surface area contributed by atoms with Crippen LogP contribution in [0.1, 0.15) is 22.3 Å². The highest BCUT2D eigenvalue weighted by atomic mass is 16.5. The summed E-state index contributed by atoms with van der Waals surface area (Å²) < 4.78 is 11.3. The van der Waals surface area contributed by atoms with E-state index >= 15 is 0 Å². The number of pyridine rings is 3. The van der Waals surface area contributed by atoms with Crippen LogP contribution in [-0.4, -0.2) is 24.1 Å². The topological polar surface area (TPSA) is 57.8 Å². The number of fused-ring (bicyclic) bond motifs is 15. The standard InChI is InChI=1S/C52H31N5O/c1-5-17-43-35(11-1)36-12-2-6-18-44(36)56(43)34-25-28-53-49(31-34)57-45-19-7-3-13-37(45)38-29-32(21-23-46(38)57)33-22-24-48-42(30-33)52(39-14-4-8-20-47(39)58-48)40-15-9-26-54-50(40)51-41(52)16-10-27-55-51/h1-31H. The van der Waals surface area contributed by atoms with E-state index < -0.39 is 5.41 Å². The van der Waals surface area contributed by atoms with Crippen LogP contribution >= 0.6 is 0 Å². The fourth-order valence-electron chi connectivity index (χ4n) is 10.0. The lowest BCUT2D eigenvalue weighted by atomic mass is 9.66. The molecule has 0 atom stereocenters. The van der Waals surface area contributed by atoms with Crippen molar-refractivity contribution >= 4 is 43.6 Å². The van der Waals surface area contributed by atoms with Crippen molar-refractivity contribution in [3.8, 4) is 45.5 Å². The Kier molecular flexibility index (Phi) is 6.28. The van der Waals surface area contributed by atoms with E-state index in [2.05, 4.69) is 161 Å². The lowest BCUT2D eigenvalue weighted by Gasteiger charge is -2.39. The van der Waals surface area contributed by atoms with E-state index in [1.807, 2.05) is 36.8 Å². The third-order valence-corrected chi connectivity index (χ3v) is 12.3. The van der Waals surface area contributed by atoms with Crippen molar-refractivity contribution in [2.45, 2.75) is 5.41 Å². The van der Waals surface area contributed by atoms with Gasteiger partial charge in [0.25, 0.3) is 0 Å². The van der Waals surface area contributed by atoms with Crippen LogP contribution in [0.15, 0.2) is 188 Å². The van der Waals surface area contributed by atoms with Crippen LogP contribution in [0.4, 0.5) is 0 Å². The van der Waals surface area contributed by atoms with Gasteiger partial charge in [-0.3, -0.25) is 14.5 Å². The highest BCUT2D eigenvalue weighted by molar-refractivity contribution is 6.11. The summed E-state index contributed by atoms with van der Waals surface area (Å²) in [4.78, 5) is 14.8. The molecule has 6 aromatic carbocycles. The molecule has 6 heterocycles. The molecule has 0 radical (unpaired) electrons. The number of nitrogens with zero attached hydrogens (tertiary/aromatic N) is 5. The first kappa shape index (κ1) is 31.4. The first-order valence-electron chi connectivity index (χ1n) is 19.6. The summed E-state index contributed by atoms with van der Waals surface area (Å²) in [6, 6.07) is 60.5. The lowest BCUT2D eigenvalue weighted by molar-refractivity contribution is 0.436. The monoisotopic (exact) mass is 741 g/mol. The molecule has 0 amide bonds. The number of benzene rings is 6. The van der Waals surface area contributed by atoms with Gasteiger partial charge in [0, 0.05) is 57.3 Å². The molecule has 5 aromatic heterocycles. The fraction of sp³-hybridized carbons (Fsp3) is 0.0192. The number of hydrogen-bond donors (Lipinski definition) is 0.